The fourth-order valence-corrected chi connectivity index (χ4v) is 2.75. The van der Waals surface area contributed by atoms with Crippen molar-refractivity contribution in [2.24, 2.45) is 0 Å². The van der Waals surface area contributed by atoms with E-state index in [-0.39, 0.29) is 0 Å². The van der Waals surface area contributed by atoms with E-state index < -0.39 is 0 Å². The van der Waals surface area contributed by atoms with Gasteiger partial charge in [0, 0.05) is 6.54 Å². The molecule has 0 N–H and O–H groups in total. The molecule has 0 spiro atoms. The molecule has 0 amide bonds. The van der Waals surface area contributed by atoms with Crippen molar-refractivity contribution in [1.29, 1.82) is 0 Å². The van der Waals surface area contributed by atoms with Crippen LogP contribution in [0.25, 0.3) is 0 Å². The van der Waals surface area contributed by atoms with E-state index in [1.54, 1.807) is 6.33 Å². The monoisotopic (exact) mass is 294 g/mol. The molecule has 4 heteroatoms. The lowest BCUT2D eigenvalue weighted by atomic mass is 10.0. The molecule has 21 heavy (non-hydrogen) atoms. The Morgan fingerprint density at radius 2 is 1.14 bits per heavy atom. The van der Waals surface area contributed by atoms with E-state index in [9.17, 15) is 0 Å². The summed E-state index contributed by atoms with van der Waals surface area (Å²) in [6, 6.07) is 0. The van der Waals surface area contributed by atoms with Crippen LogP contribution in [-0.2, 0) is 6.54 Å². The van der Waals surface area contributed by atoms with E-state index in [2.05, 4.69) is 22.4 Å². The predicted molar refractivity (Wildman–Crippen MR) is 88.1 cm³/mol. The second kappa shape index (κ2) is 14.0. The SMILES string of the molecule is CCCCCCCCCCCCCCCCn1cnnn1. The zero-order valence-electron chi connectivity index (χ0n) is 14.0. The fraction of sp³-hybridized carbons (Fsp3) is 0.941. The summed E-state index contributed by atoms with van der Waals surface area (Å²) in [7, 11) is 0. The summed E-state index contributed by atoms with van der Waals surface area (Å²) in [6.45, 7) is 3.25. The molecule has 0 bridgehead atoms. The van der Waals surface area contributed by atoms with Gasteiger partial charge in [0.15, 0.2) is 0 Å². The predicted octanol–water partition coefficient (Wildman–Crippen LogP) is 5.15. The van der Waals surface area contributed by atoms with E-state index in [1.165, 1.54) is 89.9 Å². The first-order chi connectivity index (χ1) is 10.4. The highest BCUT2D eigenvalue weighted by Gasteiger charge is 1.95. The van der Waals surface area contributed by atoms with Crippen LogP contribution in [0, 0.1) is 0 Å². The van der Waals surface area contributed by atoms with Gasteiger partial charge in [-0.25, -0.2) is 4.68 Å². The Labute approximate surface area is 130 Å². The summed E-state index contributed by atoms with van der Waals surface area (Å²) in [5, 5.41) is 11.1. The average Bonchev–Trinajstić information content (AvgIpc) is 3.01. The molecule has 0 aliphatic heterocycles. The molecule has 4 nitrogen and oxygen atoms in total. The van der Waals surface area contributed by atoms with Crippen LogP contribution in [0.4, 0.5) is 0 Å². The largest absolute Gasteiger partial charge is 0.233 e. The van der Waals surface area contributed by atoms with Gasteiger partial charge >= 0.3 is 0 Å². The number of aryl methyl sites for hydroxylation is 1. The summed E-state index contributed by atoms with van der Waals surface area (Å²) in [4.78, 5) is 0. The number of hydrogen-bond donors (Lipinski definition) is 0. The summed E-state index contributed by atoms with van der Waals surface area (Å²) in [5.41, 5.74) is 0. The first kappa shape index (κ1) is 18.1. The van der Waals surface area contributed by atoms with Gasteiger partial charge < -0.3 is 0 Å². The van der Waals surface area contributed by atoms with Gasteiger partial charge in [0.05, 0.1) is 0 Å². The lowest BCUT2D eigenvalue weighted by Crippen LogP contribution is -1.98. The maximum atomic E-state index is 3.87. The van der Waals surface area contributed by atoms with Gasteiger partial charge in [0.25, 0.3) is 0 Å². The summed E-state index contributed by atoms with van der Waals surface area (Å²) in [5.74, 6) is 0. The van der Waals surface area contributed by atoms with E-state index in [0.29, 0.717) is 0 Å². The minimum absolute atomic E-state index is 0.963. The number of rotatable bonds is 15. The van der Waals surface area contributed by atoms with E-state index in [4.69, 9.17) is 0 Å². The molecule has 0 saturated heterocycles. The molecule has 1 heterocycles. The number of aromatic nitrogens is 4. The standard InChI is InChI=1S/C17H34N4/c1-2-3-4-5-6-7-8-9-10-11-12-13-14-15-16-21-17-18-19-20-21/h17H,2-16H2,1H3. The lowest BCUT2D eigenvalue weighted by Gasteiger charge is -2.03. The third-order valence-corrected chi connectivity index (χ3v) is 4.13. The first-order valence-corrected chi connectivity index (χ1v) is 9.14. The van der Waals surface area contributed by atoms with Crippen molar-refractivity contribution in [2.75, 3.05) is 0 Å². The molecule has 0 aliphatic carbocycles. The highest BCUT2D eigenvalue weighted by atomic mass is 15.5. The first-order valence-electron chi connectivity index (χ1n) is 9.14. The van der Waals surface area contributed by atoms with Crippen LogP contribution in [0.2, 0.25) is 0 Å². The Hall–Kier alpha value is -0.930. The zero-order chi connectivity index (χ0) is 15.0. The van der Waals surface area contributed by atoms with Crippen LogP contribution in [0.15, 0.2) is 6.33 Å². The molecule has 122 valence electrons. The Morgan fingerprint density at radius 1 is 0.667 bits per heavy atom. The quantitative estimate of drug-likeness (QED) is 0.420. The van der Waals surface area contributed by atoms with Crippen LogP contribution < -0.4 is 0 Å². The Morgan fingerprint density at radius 3 is 1.57 bits per heavy atom. The maximum absolute atomic E-state index is 3.87. The highest BCUT2D eigenvalue weighted by molar-refractivity contribution is 4.51. The van der Waals surface area contributed by atoms with E-state index in [0.717, 1.165) is 6.54 Å². The second-order valence-corrected chi connectivity index (χ2v) is 6.17. The van der Waals surface area contributed by atoms with Gasteiger partial charge in [-0.2, -0.15) is 0 Å². The van der Waals surface area contributed by atoms with Gasteiger partial charge in [-0.3, -0.25) is 0 Å². The normalized spacial score (nSPS) is 11.1. The molecule has 0 aromatic carbocycles. The van der Waals surface area contributed by atoms with Gasteiger partial charge in [-0.1, -0.05) is 90.4 Å². The van der Waals surface area contributed by atoms with Gasteiger partial charge in [0.2, 0.25) is 0 Å². The minimum Gasteiger partial charge on any atom is -0.233 e. The molecule has 0 atom stereocenters. The number of hydrogen-bond acceptors (Lipinski definition) is 3. The maximum Gasteiger partial charge on any atom is 0.138 e. The molecular weight excluding hydrogens is 260 g/mol. The summed E-state index contributed by atoms with van der Waals surface area (Å²) in [6.07, 6.45) is 21.3. The van der Waals surface area contributed by atoms with Crippen molar-refractivity contribution in [1.82, 2.24) is 20.2 Å². The smallest absolute Gasteiger partial charge is 0.138 e. The average molecular weight is 294 g/mol. The lowest BCUT2D eigenvalue weighted by molar-refractivity contribution is 0.504. The second-order valence-electron chi connectivity index (χ2n) is 6.17. The molecule has 1 aromatic heterocycles. The molecule has 0 radical (unpaired) electrons. The summed E-state index contributed by atoms with van der Waals surface area (Å²) >= 11 is 0. The van der Waals surface area contributed by atoms with Crippen LogP contribution in [0.1, 0.15) is 96.8 Å². The third-order valence-electron chi connectivity index (χ3n) is 4.13. The van der Waals surface area contributed by atoms with Crippen molar-refractivity contribution in [3.63, 3.8) is 0 Å². The molecule has 0 saturated carbocycles. The molecule has 1 rings (SSSR count). The van der Waals surface area contributed by atoms with Crippen LogP contribution in [0.3, 0.4) is 0 Å². The highest BCUT2D eigenvalue weighted by Crippen LogP contribution is 2.12. The van der Waals surface area contributed by atoms with Crippen molar-refractivity contribution < 1.29 is 0 Å². The molecule has 0 aliphatic rings. The van der Waals surface area contributed by atoms with Crippen molar-refractivity contribution in [2.45, 2.75) is 103 Å². The number of tetrazole rings is 1. The van der Waals surface area contributed by atoms with Crippen molar-refractivity contribution >= 4 is 0 Å². The molecule has 0 unspecified atom stereocenters. The number of nitrogens with zero attached hydrogens (tertiary/aromatic N) is 4. The van der Waals surface area contributed by atoms with E-state index >= 15 is 0 Å². The van der Waals surface area contributed by atoms with Gasteiger partial charge in [-0.05, 0) is 16.8 Å². The topological polar surface area (TPSA) is 43.6 Å². The fourth-order valence-electron chi connectivity index (χ4n) is 2.75. The van der Waals surface area contributed by atoms with Crippen molar-refractivity contribution in [3.8, 4) is 0 Å². The van der Waals surface area contributed by atoms with Crippen LogP contribution >= 0.6 is 0 Å². The Kier molecular flexibility index (Phi) is 12.1. The molecular formula is C17H34N4. The third kappa shape index (κ3) is 11.4. The van der Waals surface area contributed by atoms with Crippen LogP contribution in [-0.4, -0.2) is 20.2 Å². The minimum atomic E-state index is 0.963. The Balaban J connectivity index is 1.69. The molecule has 0 fully saturated rings. The van der Waals surface area contributed by atoms with Gasteiger partial charge in [0.1, 0.15) is 6.33 Å². The molecule has 1 aromatic rings. The Bertz CT molecular complexity index is 298. The summed E-state index contributed by atoms with van der Waals surface area (Å²) < 4.78 is 1.82. The van der Waals surface area contributed by atoms with E-state index in [1.807, 2.05) is 4.68 Å². The van der Waals surface area contributed by atoms with Crippen LogP contribution in [0.5, 0.6) is 0 Å². The zero-order valence-corrected chi connectivity index (χ0v) is 14.0. The van der Waals surface area contributed by atoms with Crippen molar-refractivity contribution in [3.05, 3.63) is 6.33 Å². The van der Waals surface area contributed by atoms with Gasteiger partial charge in [-0.15, -0.1) is 5.10 Å². The number of unbranched alkanes of at least 4 members (excludes halogenated alkanes) is 13.